The van der Waals surface area contributed by atoms with Gasteiger partial charge in [-0.1, -0.05) is 6.07 Å². The van der Waals surface area contributed by atoms with Crippen molar-refractivity contribution in [1.29, 1.82) is 0 Å². The van der Waals surface area contributed by atoms with Crippen LogP contribution in [0.4, 0.5) is 9.18 Å². The van der Waals surface area contributed by atoms with Gasteiger partial charge in [0, 0.05) is 25.7 Å². The van der Waals surface area contributed by atoms with Crippen LogP contribution in [0.5, 0.6) is 0 Å². The van der Waals surface area contributed by atoms with Crippen LogP contribution in [0.25, 0.3) is 0 Å². The molecule has 0 bridgehead atoms. The zero-order valence-corrected chi connectivity index (χ0v) is 12.4. The number of amides is 2. The van der Waals surface area contributed by atoms with Gasteiger partial charge in [0.1, 0.15) is 5.82 Å². The molecule has 5 heteroatoms. The standard InChI is InChI=1S/C16H22FN3O/c1-12-10-14(17)3-2-13(12)11-19-8-9-20(16(19)21)15-4-6-18-7-5-15/h2-3,10,15,18H,4-9,11H2,1H3. The maximum absolute atomic E-state index is 13.1. The van der Waals surface area contributed by atoms with E-state index in [9.17, 15) is 9.18 Å². The van der Waals surface area contributed by atoms with Gasteiger partial charge in [-0.25, -0.2) is 9.18 Å². The van der Waals surface area contributed by atoms with E-state index in [0.29, 0.717) is 12.6 Å². The molecular formula is C16H22FN3O. The molecule has 0 spiro atoms. The zero-order valence-electron chi connectivity index (χ0n) is 12.4. The molecule has 2 saturated heterocycles. The van der Waals surface area contributed by atoms with Crippen molar-refractivity contribution in [2.45, 2.75) is 32.4 Å². The van der Waals surface area contributed by atoms with Crippen molar-refractivity contribution >= 4 is 6.03 Å². The van der Waals surface area contributed by atoms with Crippen molar-refractivity contribution in [3.63, 3.8) is 0 Å². The number of piperidine rings is 1. The summed E-state index contributed by atoms with van der Waals surface area (Å²) >= 11 is 0. The van der Waals surface area contributed by atoms with E-state index in [1.54, 1.807) is 6.07 Å². The third-order valence-electron chi connectivity index (χ3n) is 4.54. The Morgan fingerprint density at radius 3 is 2.76 bits per heavy atom. The van der Waals surface area contributed by atoms with Gasteiger partial charge in [0.2, 0.25) is 0 Å². The molecular weight excluding hydrogens is 269 g/mol. The van der Waals surface area contributed by atoms with Crippen LogP contribution in [0.15, 0.2) is 18.2 Å². The molecule has 1 N–H and O–H groups in total. The van der Waals surface area contributed by atoms with Gasteiger partial charge in [0.05, 0.1) is 0 Å². The average Bonchev–Trinajstić information content (AvgIpc) is 2.84. The maximum Gasteiger partial charge on any atom is 0.320 e. The summed E-state index contributed by atoms with van der Waals surface area (Å²) in [4.78, 5) is 16.4. The molecule has 21 heavy (non-hydrogen) atoms. The first-order valence-corrected chi connectivity index (χ1v) is 7.66. The fraction of sp³-hybridized carbons (Fsp3) is 0.562. The highest BCUT2D eigenvalue weighted by molar-refractivity contribution is 5.77. The van der Waals surface area contributed by atoms with E-state index in [4.69, 9.17) is 0 Å². The Hall–Kier alpha value is -1.62. The lowest BCUT2D eigenvalue weighted by Gasteiger charge is -2.31. The molecule has 0 radical (unpaired) electrons. The molecule has 2 fully saturated rings. The van der Waals surface area contributed by atoms with Crippen LogP contribution in [0.3, 0.4) is 0 Å². The van der Waals surface area contributed by atoms with Crippen LogP contribution in [-0.2, 0) is 6.54 Å². The SMILES string of the molecule is Cc1cc(F)ccc1CN1CCN(C2CCNCC2)C1=O. The number of carbonyl (C=O) groups is 1. The van der Waals surface area contributed by atoms with E-state index in [1.165, 1.54) is 12.1 Å². The smallest absolute Gasteiger partial charge is 0.320 e. The Morgan fingerprint density at radius 1 is 1.29 bits per heavy atom. The quantitative estimate of drug-likeness (QED) is 0.926. The summed E-state index contributed by atoms with van der Waals surface area (Å²) in [6.45, 7) is 6.02. The highest BCUT2D eigenvalue weighted by Crippen LogP contribution is 2.21. The number of aryl methyl sites for hydroxylation is 1. The molecule has 0 aliphatic carbocycles. The number of nitrogens with zero attached hydrogens (tertiary/aromatic N) is 2. The normalized spacial score (nSPS) is 20.4. The van der Waals surface area contributed by atoms with Crippen molar-refractivity contribution in [2.75, 3.05) is 26.2 Å². The van der Waals surface area contributed by atoms with Gasteiger partial charge in [-0.05, 0) is 56.1 Å². The number of benzene rings is 1. The monoisotopic (exact) mass is 291 g/mol. The van der Waals surface area contributed by atoms with E-state index in [2.05, 4.69) is 5.32 Å². The van der Waals surface area contributed by atoms with Crippen LogP contribution >= 0.6 is 0 Å². The molecule has 1 aromatic rings. The number of hydrogen-bond acceptors (Lipinski definition) is 2. The summed E-state index contributed by atoms with van der Waals surface area (Å²) < 4.78 is 13.1. The van der Waals surface area contributed by atoms with Gasteiger partial charge in [0.25, 0.3) is 0 Å². The number of halogens is 1. The predicted octanol–water partition coefficient (Wildman–Crippen LogP) is 2.12. The van der Waals surface area contributed by atoms with E-state index >= 15 is 0 Å². The van der Waals surface area contributed by atoms with E-state index in [-0.39, 0.29) is 11.8 Å². The summed E-state index contributed by atoms with van der Waals surface area (Å²) in [5.41, 5.74) is 1.93. The van der Waals surface area contributed by atoms with Crippen molar-refractivity contribution in [3.8, 4) is 0 Å². The lowest BCUT2D eigenvalue weighted by Crippen LogP contribution is -2.45. The minimum atomic E-state index is -0.222. The minimum Gasteiger partial charge on any atom is -0.320 e. The van der Waals surface area contributed by atoms with Crippen LogP contribution in [0.1, 0.15) is 24.0 Å². The van der Waals surface area contributed by atoms with Crippen LogP contribution in [-0.4, -0.2) is 48.1 Å². The topological polar surface area (TPSA) is 35.6 Å². The van der Waals surface area contributed by atoms with Crippen LogP contribution in [0.2, 0.25) is 0 Å². The van der Waals surface area contributed by atoms with E-state index < -0.39 is 0 Å². The van der Waals surface area contributed by atoms with E-state index in [1.807, 2.05) is 16.7 Å². The summed E-state index contributed by atoms with van der Waals surface area (Å²) in [6, 6.07) is 5.28. The Morgan fingerprint density at radius 2 is 2.05 bits per heavy atom. The van der Waals surface area contributed by atoms with Crippen molar-refractivity contribution < 1.29 is 9.18 Å². The number of hydrogen-bond donors (Lipinski definition) is 1. The van der Waals surface area contributed by atoms with Crippen molar-refractivity contribution in [1.82, 2.24) is 15.1 Å². The van der Waals surface area contributed by atoms with E-state index in [0.717, 1.165) is 50.1 Å². The van der Waals surface area contributed by atoms with Crippen molar-refractivity contribution in [2.24, 2.45) is 0 Å². The number of nitrogens with one attached hydrogen (secondary N) is 1. The minimum absolute atomic E-state index is 0.130. The summed E-state index contributed by atoms with van der Waals surface area (Å²) in [7, 11) is 0. The number of carbonyl (C=O) groups excluding carboxylic acids is 1. The van der Waals surface area contributed by atoms with Gasteiger partial charge >= 0.3 is 6.03 Å². The molecule has 114 valence electrons. The molecule has 0 unspecified atom stereocenters. The molecule has 0 saturated carbocycles. The fourth-order valence-corrected chi connectivity index (χ4v) is 3.25. The average molecular weight is 291 g/mol. The van der Waals surface area contributed by atoms with Gasteiger partial charge in [0.15, 0.2) is 0 Å². The molecule has 4 nitrogen and oxygen atoms in total. The third-order valence-corrected chi connectivity index (χ3v) is 4.54. The highest BCUT2D eigenvalue weighted by Gasteiger charge is 2.34. The van der Waals surface area contributed by atoms with Gasteiger partial charge in [-0.2, -0.15) is 0 Å². The second-order valence-electron chi connectivity index (χ2n) is 5.95. The molecule has 0 atom stereocenters. The highest BCUT2D eigenvalue weighted by atomic mass is 19.1. The first kappa shape index (κ1) is 14.3. The number of urea groups is 1. The zero-order chi connectivity index (χ0) is 14.8. The molecule has 2 aliphatic heterocycles. The second-order valence-corrected chi connectivity index (χ2v) is 5.95. The summed E-state index contributed by atoms with van der Waals surface area (Å²) in [6.07, 6.45) is 2.07. The Bertz CT molecular complexity index is 528. The van der Waals surface area contributed by atoms with Crippen LogP contribution in [0, 0.1) is 12.7 Å². The van der Waals surface area contributed by atoms with Gasteiger partial charge < -0.3 is 15.1 Å². The molecule has 1 aromatic carbocycles. The largest absolute Gasteiger partial charge is 0.320 e. The molecule has 2 heterocycles. The Labute approximate surface area is 124 Å². The number of rotatable bonds is 3. The molecule has 3 rings (SSSR count). The molecule has 2 aliphatic rings. The predicted molar refractivity (Wildman–Crippen MR) is 79.5 cm³/mol. The van der Waals surface area contributed by atoms with Crippen LogP contribution < -0.4 is 5.32 Å². The molecule has 0 aromatic heterocycles. The first-order chi connectivity index (χ1) is 10.1. The Kier molecular flexibility index (Phi) is 4.10. The second kappa shape index (κ2) is 6.02. The Balaban J connectivity index is 1.66. The van der Waals surface area contributed by atoms with Crippen molar-refractivity contribution in [3.05, 3.63) is 35.1 Å². The lowest BCUT2D eigenvalue weighted by atomic mass is 10.1. The first-order valence-electron chi connectivity index (χ1n) is 7.66. The van der Waals surface area contributed by atoms with Gasteiger partial charge in [-0.15, -0.1) is 0 Å². The molecule has 2 amide bonds. The van der Waals surface area contributed by atoms with Gasteiger partial charge in [-0.3, -0.25) is 0 Å². The summed E-state index contributed by atoms with van der Waals surface area (Å²) in [5, 5.41) is 3.33. The maximum atomic E-state index is 13.1. The lowest BCUT2D eigenvalue weighted by molar-refractivity contribution is 0.164. The fourth-order valence-electron chi connectivity index (χ4n) is 3.25. The summed E-state index contributed by atoms with van der Waals surface area (Å²) in [5.74, 6) is -0.222. The third kappa shape index (κ3) is 3.02.